The summed E-state index contributed by atoms with van der Waals surface area (Å²) >= 11 is 0. The first-order valence-electron chi connectivity index (χ1n) is 7.53. The molecule has 0 atom stereocenters. The molecule has 0 unspecified atom stereocenters. The first kappa shape index (κ1) is 18.1. The maximum absolute atomic E-state index is 11.9. The van der Waals surface area contributed by atoms with E-state index in [4.69, 9.17) is 24.7 Å². The van der Waals surface area contributed by atoms with Crippen LogP contribution in [0.15, 0.2) is 48.5 Å². The fourth-order valence-electron chi connectivity index (χ4n) is 1.89. The first-order valence-corrected chi connectivity index (χ1v) is 7.53. The molecular formula is C18H19NO6. The monoisotopic (exact) mass is 345 g/mol. The number of benzene rings is 2. The second-order valence-corrected chi connectivity index (χ2v) is 4.94. The van der Waals surface area contributed by atoms with E-state index in [9.17, 15) is 9.59 Å². The number of nitrogens with two attached hydrogens (primary N) is 1. The van der Waals surface area contributed by atoms with Crippen molar-refractivity contribution in [2.45, 2.75) is 0 Å². The van der Waals surface area contributed by atoms with Gasteiger partial charge in [0.2, 0.25) is 0 Å². The topological polar surface area (TPSA) is 97.1 Å². The van der Waals surface area contributed by atoms with Crippen molar-refractivity contribution in [2.24, 2.45) is 5.73 Å². The number of ether oxygens (including phenoxy) is 4. The van der Waals surface area contributed by atoms with Gasteiger partial charge in [-0.25, -0.2) is 4.79 Å². The van der Waals surface area contributed by atoms with Crippen LogP contribution < -0.4 is 19.9 Å². The van der Waals surface area contributed by atoms with E-state index in [1.807, 2.05) is 0 Å². The van der Waals surface area contributed by atoms with E-state index in [0.29, 0.717) is 17.1 Å². The molecule has 2 aromatic carbocycles. The van der Waals surface area contributed by atoms with Gasteiger partial charge < -0.3 is 24.7 Å². The van der Waals surface area contributed by atoms with E-state index >= 15 is 0 Å². The highest BCUT2D eigenvalue weighted by Gasteiger charge is 2.07. The van der Waals surface area contributed by atoms with Crippen LogP contribution in [-0.2, 0) is 9.53 Å². The largest absolute Gasteiger partial charge is 0.497 e. The molecule has 0 heterocycles. The van der Waals surface area contributed by atoms with E-state index in [-0.39, 0.29) is 19.8 Å². The third-order valence-electron chi connectivity index (χ3n) is 3.12. The van der Waals surface area contributed by atoms with Gasteiger partial charge >= 0.3 is 5.97 Å². The van der Waals surface area contributed by atoms with Crippen LogP contribution in [0.1, 0.15) is 10.4 Å². The molecule has 25 heavy (non-hydrogen) atoms. The Labute approximate surface area is 145 Å². The molecule has 0 aromatic heterocycles. The Balaban J connectivity index is 1.73. The zero-order chi connectivity index (χ0) is 18.1. The highest BCUT2D eigenvalue weighted by Crippen LogP contribution is 2.17. The summed E-state index contributed by atoms with van der Waals surface area (Å²) in [6.45, 7) is 0.134. The second-order valence-electron chi connectivity index (χ2n) is 4.94. The van der Waals surface area contributed by atoms with Gasteiger partial charge in [-0.05, 0) is 48.5 Å². The lowest BCUT2D eigenvalue weighted by atomic mass is 10.2. The zero-order valence-electron chi connectivity index (χ0n) is 13.8. The molecule has 0 radical (unpaired) electrons. The molecule has 0 aliphatic heterocycles. The van der Waals surface area contributed by atoms with Crippen LogP contribution in [0.4, 0.5) is 0 Å². The van der Waals surface area contributed by atoms with Crippen molar-refractivity contribution in [1.29, 1.82) is 0 Å². The van der Waals surface area contributed by atoms with Crippen molar-refractivity contribution in [2.75, 3.05) is 26.9 Å². The van der Waals surface area contributed by atoms with Crippen LogP contribution in [0.2, 0.25) is 0 Å². The summed E-state index contributed by atoms with van der Waals surface area (Å²) in [7, 11) is 1.59. The minimum atomic E-state index is -0.569. The van der Waals surface area contributed by atoms with Gasteiger partial charge in [-0.1, -0.05) is 0 Å². The molecule has 7 nitrogen and oxygen atoms in total. The average Bonchev–Trinajstić information content (AvgIpc) is 2.64. The minimum Gasteiger partial charge on any atom is -0.497 e. The first-order chi connectivity index (χ1) is 12.1. The molecule has 7 heteroatoms. The minimum absolute atomic E-state index is 0.116. The van der Waals surface area contributed by atoms with Crippen LogP contribution in [0.25, 0.3) is 0 Å². The summed E-state index contributed by atoms with van der Waals surface area (Å²) in [5, 5.41) is 0. The number of primary amides is 1. The molecule has 0 fully saturated rings. The number of esters is 1. The number of carbonyl (C=O) groups is 2. The van der Waals surface area contributed by atoms with Gasteiger partial charge in [0.25, 0.3) is 5.91 Å². The lowest BCUT2D eigenvalue weighted by Crippen LogP contribution is -2.20. The summed E-state index contributed by atoms with van der Waals surface area (Å²) < 4.78 is 20.8. The summed E-state index contributed by atoms with van der Waals surface area (Å²) in [5.41, 5.74) is 5.36. The molecule has 2 aromatic rings. The van der Waals surface area contributed by atoms with Gasteiger partial charge in [0, 0.05) is 0 Å². The van der Waals surface area contributed by atoms with Crippen molar-refractivity contribution in [3.63, 3.8) is 0 Å². The van der Waals surface area contributed by atoms with E-state index < -0.39 is 11.9 Å². The van der Waals surface area contributed by atoms with E-state index in [2.05, 4.69) is 0 Å². The molecule has 0 spiro atoms. The molecule has 0 aliphatic carbocycles. The molecule has 0 bridgehead atoms. The Bertz CT molecular complexity index is 697. The quantitative estimate of drug-likeness (QED) is 0.550. The van der Waals surface area contributed by atoms with Gasteiger partial charge in [-0.3, -0.25) is 4.79 Å². The van der Waals surface area contributed by atoms with Crippen LogP contribution in [0.5, 0.6) is 17.2 Å². The third kappa shape index (κ3) is 6.06. The van der Waals surface area contributed by atoms with Crippen molar-refractivity contribution in [1.82, 2.24) is 0 Å². The highest BCUT2D eigenvalue weighted by atomic mass is 16.6. The summed E-state index contributed by atoms with van der Waals surface area (Å²) in [6.07, 6.45) is 0. The molecule has 2 N–H and O–H groups in total. The maximum atomic E-state index is 11.9. The highest BCUT2D eigenvalue weighted by molar-refractivity contribution is 5.89. The zero-order valence-corrected chi connectivity index (χ0v) is 13.8. The predicted molar refractivity (Wildman–Crippen MR) is 89.9 cm³/mol. The van der Waals surface area contributed by atoms with E-state index in [1.165, 1.54) is 0 Å². The van der Waals surface area contributed by atoms with Crippen LogP contribution in [0, 0.1) is 0 Å². The summed E-state index contributed by atoms with van der Waals surface area (Å²) in [6, 6.07) is 13.3. The fourth-order valence-corrected chi connectivity index (χ4v) is 1.89. The van der Waals surface area contributed by atoms with E-state index in [1.54, 1.807) is 55.6 Å². The SMILES string of the molecule is COc1ccc(OCCOC(=O)c2ccc(OCC(N)=O)cc2)cc1. The third-order valence-corrected chi connectivity index (χ3v) is 3.12. The molecule has 0 saturated heterocycles. The van der Waals surface area contributed by atoms with Crippen LogP contribution in [0.3, 0.4) is 0 Å². The van der Waals surface area contributed by atoms with Crippen molar-refractivity contribution < 1.29 is 28.5 Å². The smallest absolute Gasteiger partial charge is 0.338 e. The predicted octanol–water partition coefficient (Wildman–Crippen LogP) is 1.80. The van der Waals surface area contributed by atoms with Gasteiger partial charge in [-0.2, -0.15) is 0 Å². The molecule has 0 aliphatic rings. The molecule has 0 saturated carbocycles. The lowest BCUT2D eigenvalue weighted by molar-refractivity contribution is -0.119. The Morgan fingerprint density at radius 1 is 0.840 bits per heavy atom. The average molecular weight is 345 g/mol. The van der Waals surface area contributed by atoms with Crippen molar-refractivity contribution in [3.8, 4) is 17.2 Å². The standard InChI is InChI=1S/C18H19NO6/c1-22-14-6-8-15(9-7-14)23-10-11-24-18(21)13-2-4-16(5-3-13)25-12-17(19)20/h2-9H,10-12H2,1H3,(H2,19,20). The maximum Gasteiger partial charge on any atom is 0.338 e. The number of methoxy groups -OCH3 is 1. The second kappa shape index (κ2) is 9.17. The summed E-state index contributed by atoms with van der Waals surface area (Å²) in [5.74, 6) is 0.799. The number of hydrogen-bond donors (Lipinski definition) is 1. The Kier molecular flexibility index (Phi) is 6.65. The Morgan fingerprint density at radius 2 is 1.40 bits per heavy atom. The van der Waals surface area contributed by atoms with Gasteiger partial charge in [-0.15, -0.1) is 0 Å². The Hall–Kier alpha value is -3.22. The number of carbonyl (C=O) groups excluding carboxylic acids is 2. The molecule has 2 rings (SSSR count). The number of rotatable bonds is 9. The normalized spacial score (nSPS) is 9.96. The summed E-state index contributed by atoms with van der Waals surface area (Å²) in [4.78, 5) is 22.5. The molecular weight excluding hydrogens is 326 g/mol. The van der Waals surface area contributed by atoms with Crippen molar-refractivity contribution in [3.05, 3.63) is 54.1 Å². The van der Waals surface area contributed by atoms with Crippen LogP contribution in [-0.4, -0.2) is 38.8 Å². The molecule has 132 valence electrons. The van der Waals surface area contributed by atoms with Gasteiger partial charge in [0.05, 0.1) is 12.7 Å². The lowest BCUT2D eigenvalue weighted by Gasteiger charge is -2.08. The Morgan fingerprint density at radius 3 is 2.00 bits per heavy atom. The molecule has 1 amide bonds. The number of hydrogen-bond acceptors (Lipinski definition) is 6. The van der Waals surface area contributed by atoms with E-state index in [0.717, 1.165) is 5.75 Å². The van der Waals surface area contributed by atoms with Crippen molar-refractivity contribution >= 4 is 11.9 Å². The van der Waals surface area contributed by atoms with Gasteiger partial charge in [0.15, 0.2) is 6.61 Å². The van der Waals surface area contributed by atoms with Crippen LogP contribution >= 0.6 is 0 Å². The van der Waals surface area contributed by atoms with Gasteiger partial charge in [0.1, 0.15) is 30.5 Å². The fraction of sp³-hybridized carbons (Fsp3) is 0.222. The number of amides is 1.